The molecule has 0 radical (unpaired) electrons. The van der Waals surface area contributed by atoms with Crippen molar-refractivity contribution in [3.05, 3.63) is 23.8 Å². The molecule has 6 heteroatoms. The third kappa shape index (κ3) is 3.88. The molecule has 1 heterocycles. The maximum absolute atomic E-state index is 8.63. The molecule has 110 valence electrons. The molecular formula is C14H22BNO4. The van der Waals surface area contributed by atoms with Gasteiger partial charge in [0.15, 0.2) is 0 Å². The molecule has 0 bridgehead atoms. The summed E-state index contributed by atoms with van der Waals surface area (Å²) in [6.45, 7) is 8.27. The molecule has 0 fully saturated rings. The fourth-order valence-electron chi connectivity index (χ4n) is 1.89. The van der Waals surface area contributed by atoms with Crippen molar-refractivity contribution in [1.29, 1.82) is 0 Å². The van der Waals surface area contributed by atoms with Gasteiger partial charge in [0, 0.05) is 19.7 Å². The number of rotatable bonds is 6. The zero-order valence-corrected chi connectivity index (χ0v) is 12.3. The minimum absolute atomic E-state index is 0.0749. The first-order valence-corrected chi connectivity index (χ1v) is 6.92. The summed E-state index contributed by atoms with van der Waals surface area (Å²) in [7, 11) is -0.684. The highest BCUT2D eigenvalue weighted by Crippen LogP contribution is 2.37. The molecule has 0 unspecified atom stereocenters. The summed E-state index contributed by atoms with van der Waals surface area (Å²) in [6, 6.07) is 5.97. The fraction of sp³-hybridized carbons (Fsp3) is 0.571. The van der Waals surface area contributed by atoms with Crippen molar-refractivity contribution >= 4 is 7.32 Å². The summed E-state index contributed by atoms with van der Waals surface area (Å²) in [5, 5.41) is 11.7. The Balaban J connectivity index is 1.85. The van der Waals surface area contributed by atoms with Crippen LogP contribution >= 0.6 is 0 Å². The van der Waals surface area contributed by atoms with Gasteiger partial charge in [0.05, 0.1) is 6.61 Å². The Hall–Kier alpha value is -1.24. The minimum atomic E-state index is -0.684. The van der Waals surface area contributed by atoms with Gasteiger partial charge in [-0.1, -0.05) is 26.8 Å². The van der Waals surface area contributed by atoms with E-state index in [-0.39, 0.29) is 12.0 Å². The molecular weight excluding hydrogens is 257 g/mol. The molecule has 0 aromatic heterocycles. The van der Waals surface area contributed by atoms with Crippen LogP contribution in [0.15, 0.2) is 18.2 Å². The van der Waals surface area contributed by atoms with Crippen LogP contribution in [0.2, 0.25) is 0 Å². The second kappa shape index (κ2) is 6.48. The van der Waals surface area contributed by atoms with Crippen molar-refractivity contribution in [2.75, 3.05) is 26.3 Å². The minimum Gasteiger partial charge on any atom is -0.498 e. The van der Waals surface area contributed by atoms with Gasteiger partial charge in [0.2, 0.25) is 0 Å². The van der Waals surface area contributed by atoms with Crippen LogP contribution in [0.5, 0.6) is 11.5 Å². The zero-order chi connectivity index (χ0) is 14.6. The number of benzene rings is 1. The van der Waals surface area contributed by atoms with Gasteiger partial charge in [-0.05, 0) is 23.1 Å². The summed E-state index contributed by atoms with van der Waals surface area (Å²) >= 11 is 0. The van der Waals surface area contributed by atoms with E-state index in [4.69, 9.17) is 19.1 Å². The highest BCUT2D eigenvalue weighted by atomic mass is 16.8. The molecule has 1 aliphatic heterocycles. The van der Waals surface area contributed by atoms with Crippen LogP contribution in [0.4, 0.5) is 0 Å². The van der Waals surface area contributed by atoms with E-state index in [0.717, 1.165) is 5.75 Å². The SMILES string of the molecule is CC(C)(C)c1ccc2c(c1)OB(OCCNCCO)O2. The summed E-state index contributed by atoms with van der Waals surface area (Å²) in [4.78, 5) is 0. The highest BCUT2D eigenvalue weighted by molar-refractivity contribution is 6.40. The van der Waals surface area contributed by atoms with Gasteiger partial charge < -0.3 is 24.4 Å². The molecule has 1 aromatic rings. The normalized spacial score (nSPS) is 13.9. The third-order valence-corrected chi connectivity index (χ3v) is 3.08. The topological polar surface area (TPSA) is 60.0 Å². The lowest BCUT2D eigenvalue weighted by atomic mass is 9.87. The van der Waals surface area contributed by atoms with Crippen molar-refractivity contribution in [3.63, 3.8) is 0 Å². The molecule has 0 spiro atoms. The van der Waals surface area contributed by atoms with Crippen molar-refractivity contribution in [2.24, 2.45) is 0 Å². The van der Waals surface area contributed by atoms with Gasteiger partial charge in [-0.2, -0.15) is 0 Å². The molecule has 2 rings (SSSR count). The van der Waals surface area contributed by atoms with Crippen LogP contribution in [0.3, 0.4) is 0 Å². The van der Waals surface area contributed by atoms with E-state index in [1.807, 2.05) is 18.2 Å². The van der Waals surface area contributed by atoms with Crippen LogP contribution in [-0.4, -0.2) is 38.7 Å². The maximum atomic E-state index is 8.63. The average molecular weight is 279 g/mol. The molecule has 0 saturated heterocycles. The van der Waals surface area contributed by atoms with Crippen LogP contribution in [0.25, 0.3) is 0 Å². The second-order valence-electron chi connectivity index (χ2n) is 5.78. The van der Waals surface area contributed by atoms with E-state index in [1.54, 1.807) is 0 Å². The molecule has 2 N–H and O–H groups in total. The quantitative estimate of drug-likeness (QED) is 0.608. The van der Waals surface area contributed by atoms with Crippen LogP contribution in [0.1, 0.15) is 26.3 Å². The lowest BCUT2D eigenvalue weighted by Gasteiger charge is -2.19. The summed E-state index contributed by atoms with van der Waals surface area (Å²) in [5.74, 6) is 1.44. The molecule has 0 saturated carbocycles. The van der Waals surface area contributed by atoms with E-state index in [2.05, 4.69) is 26.1 Å². The van der Waals surface area contributed by atoms with Crippen molar-refractivity contribution < 1.29 is 19.1 Å². The molecule has 1 aromatic carbocycles. The van der Waals surface area contributed by atoms with Crippen molar-refractivity contribution in [3.8, 4) is 11.5 Å². The monoisotopic (exact) mass is 279 g/mol. The lowest BCUT2D eigenvalue weighted by molar-refractivity contribution is 0.218. The number of nitrogens with one attached hydrogen (secondary N) is 1. The van der Waals surface area contributed by atoms with Crippen LogP contribution < -0.4 is 14.6 Å². The first-order chi connectivity index (χ1) is 9.50. The Morgan fingerprint density at radius 2 is 1.95 bits per heavy atom. The average Bonchev–Trinajstić information content (AvgIpc) is 2.79. The van der Waals surface area contributed by atoms with Gasteiger partial charge in [-0.15, -0.1) is 0 Å². The van der Waals surface area contributed by atoms with E-state index < -0.39 is 7.32 Å². The van der Waals surface area contributed by atoms with Crippen molar-refractivity contribution in [2.45, 2.75) is 26.2 Å². The Bertz CT molecular complexity index is 447. The third-order valence-electron chi connectivity index (χ3n) is 3.08. The fourth-order valence-corrected chi connectivity index (χ4v) is 1.89. The number of aliphatic hydroxyl groups is 1. The second-order valence-corrected chi connectivity index (χ2v) is 5.78. The molecule has 1 aliphatic rings. The van der Waals surface area contributed by atoms with E-state index >= 15 is 0 Å². The molecule has 0 amide bonds. The van der Waals surface area contributed by atoms with Gasteiger partial charge >= 0.3 is 7.32 Å². The molecule has 0 atom stereocenters. The van der Waals surface area contributed by atoms with Crippen LogP contribution in [-0.2, 0) is 10.1 Å². The zero-order valence-electron chi connectivity index (χ0n) is 12.3. The van der Waals surface area contributed by atoms with Gasteiger partial charge in [-0.3, -0.25) is 0 Å². The Labute approximate surface area is 120 Å². The van der Waals surface area contributed by atoms with Gasteiger partial charge in [-0.25, -0.2) is 0 Å². The predicted octanol–water partition coefficient (Wildman–Crippen LogP) is 1.34. The van der Waals surface area contributed by atoms with E-state index in [9.17, 15) is 0 Å². The number of hydrogen-bond donors (Lipinski definition) is 2. The smallest absolute Gasteiger partial charge is 0.498 e. The Morgan fingerprint density at radius 1 is 1.20 bits per heavy atom. The summed E-state index contributed by atoms with van der Waals surface area (Å²) in [5.41, 5.74) is 1.27. The van der Waals surface area contributed by atoms with Gasteiger partial charge in [0.1, 0.15) is 11.5 Å². The summed E-state index contributed by atoms with van der Waals surface area (Å²) in [6.07, 6.45) is 0. The maximum Gasteiger partial charge on any atom is 0.788 e. The lowest BCUT2D eigenvalue weighted by Crippen LogP contribution is -2.33. The first kappa shape index (κ1) is 15.2. The van der Waals surface area contributed by atoms with E-state index in [0.29, 0.717) is 25.4 Å². The van der Waals surface area contributed by atoms with Crippen molar-refractivity contribution in [1.82, 2.24) is 5.32 Å². The predicted molar refractivity (Wildman–Crippen MR) is 78.1 cm³/mol. The highest BCUT2D eigenvalue weighted by Gasteiger charge is 2.35. The van der Waals surface area contributed by atoms with E-state index in [1.165, 1.54) is 5.56 Å². The largest absolute Gasteiger partial charge is 0.788 e. The Kier molecular flexibility index (Phi) is 4.91. The molecule has 20 heavy (non-hydrogen) atoms. The summed E-state index contributed by atoms with van der Waals surface area (Å²) < 4.78 is 16.7. The standard InChI is InChI=1S/C14H22BNO4/c1-14(2,3)11-4-5-12-13(10-11)20-15(19-12)18-9-7-16-6-8-17/h4-5,10,16-17H,6-9H2,1-3H3. The number of fused-ring (bicyclic) bond motifs is 1. The number of aliphatic hydroxyl groups excluding tert-OH is 1. The molecule has 5 nitrogen and oxygen atoms in total. The number of hydrogen-bond acceptors (Lipinski definition) is 5. The Morgan fingerprint density at radius 3 is 2.65 bits per heavy atom. The molecule has 0 aliphatic carbocycles. The van der Waals surface area contributed by atoms with Crippen LogP contribution in [0, 0.1) is 0 Å². The first-order valence-electron chi connectivity index (χ1n) is 6.92. The van der Waals surface area contributed by atoms with Gasteiger partial charge in [0.25, 0.3) is 0 Å².